The molecule has 0 atom stereocenters. The van der Waals surface area contributed by atoms with Crippen LogP contribution >= 0.6 is 0 Å². The molecule has 0 spiro atoms. The number of hydrogen-bond acceptors (Lipinski definition) is 3. The van der Waals surface area contributed by atoms with E-state index >= 15 is 0 Å². The predicted molar refractivity (Wildman–Crippen MR) is 81.0 cm³/mol. The standard InChI is InChI=1S/C16H25NO2/c1-5-9-19-16-11-14(7-8-15(16)18-4)10-13(3)12-17-6-2/h7-8,10-11,17H,5-6,9,12H2,1-4H3. The highest BCUT2D eigenvalue weighted by Crippen LogP contribution is 2.29. The summed E-state index contributed by atoms with van der Waals surface area (Å²) in [7, 11) is 1.67. The van der Waals surface area contributed by atoms with E-state index in [0.717, 1.165) is 36.6 Å². The Balaban J connectivity index is 2.84. The highest BCUT2D eigenvalue weighted by Gasteiger charge is 2.04. The Hall–Kier alpha value is -1.48. The lowest BCUT2D eigenvalue weighted by atomic mass is 10.1. The lowest BCUT2D eigenvalue weighted by molar-refractivity contribution is 0.294. The second-order valence-electron chi connectivity index (χ2n) is 4.53. The van der Waals surface area contributed by atoms with E-state index in [1.807, 2.05) is 18.2 Å². The molecule has 106 valence electrons. The van der Waals surface area contributed by atoms with Crippen LogP contribution in [-0.2, 0) is 0 Å². The van der Waals surface area contributed by atoms with Crippen LogP contribution in [0.5, 0.6) is 11.5 Å². The van der Waals surface area contributed by atoms with Gasteiger partial charge in [-0.2, -0.15) is 0 Å². The van der Waals surface area contributed by atoms with Gasteiger partial charge in [0.25, 0.3) is 0 Å². The molecule has 0 saturated heterocycles. The Bertz CT molecular complexity index is 413. The fourth-order valence-electron chi connectivity index (χ4n) is 1.77. The van der Waals surface area contributed by atoms with Crippen molar-refractivity contribution in [1.82, 2.24) is 5.32 Å². The van der Waals surface area contributed by atoms with Crippen molar-refractivity contribution in [1.29, 1.82) is 0 Å². The van der Waals surface area contributed by atoms with Crippen molar-refractivity contribution >= 4 is 6.08 Å². The first-order chi connectivity index (χ1) is 9.21. The summed E-state index contributed by atoms with van der Waals surface area (Å²) in [5.41, 5.74) is 2.44. The number of hydrogen-bond donors (Lipinski definition) is 1. The zero-order valence-electron chi connectivity index (χ0n) is 12.5. The summed E-state index contributed by atoms with van der Waals surface area (Å²) < 4.78 is 11.0. The highest BCUT2D eigenvalue weighted by molar-refractivity contribution is 5.58. The third-order valence-electron chi connectivity index (χ3n) is 2.72. The van der Waals surface area contributed by atoms with Gasteiger partial charge in [0, 0.05) is 6.54 Å². The molecule has 19 heavy (non-hydrogen) atoms. The molecule has 0 heterocycles. The van der Waals surface area contributed by atoms with E-state index in [1.165, 1.54) is 5.57 Å². The zero-order valence-corrected chi connectivity index (χ0v) is 12.5. The normalized spacial score (nSPS) is 11.5. The van der Waals surface area contributed by atoms with Gasteiger partial charge in [0.15, 0.2) is 11.5 Å². The van der Waals surface area contributed by atoms with Gasteiger partial charge >= 0.3 is 0 Å². The molecule has 3 heteroatoms. The van der Waals surface area contributed by atoms with Crippen molar-refractivity contribution in [3.63, 3.8) is 0 Å². The van der Waals surface area contributed by atoms with Gasteiger partial charge in [-0.3, -0.25) is 0 Å². The monoisotopic (exact) mass is 263 g/mol. The van der Waals surface area contributed by atoms with Crippen molar-refractivity contribution in [3.8, 4) is 11.5 Å². The number of benzene rings is 1. The molecule has 0 radical (unpaired) electrons. The fraction of sp³-hybridized carbons (Fsp3) is 0.500. The van der Waals surface area contributed by atoms with Crippen LogP contribution in [0, 0.1) is 0 Å². The summed E-state index contributed by atoms with van der Waals surface area (Å²) in [6.07, 6.45) is 3.16. The largest absolute Gasteiger partial charge is 0.493 e. The third-order valence-corrected chi connectivity index (χ3v) is 2.72. The Labute approximate surface area is 116 Å². The molecule has 0 amide bonds. The molecule has 1 aromatic rings. The smallest absolute Gasteiger partial charge is 0.161 e. The SMILES string of the molecule is CCCOc1cc(C=C(C)CNCC)ccc1OC. The van der Waals surface area contributed by atoms with Crippen LogP contribution in [0.3, 0.4) is 0 Å². The van der Waals surface area contributed by atoms with Crippen LogP contribution in [0.15, 0.2) is 23.8 Å². The minimum Gasteiger partial charge on any atom is -0.493 e. The molecule has 0 aliphatic rings. The van der Waals surface area contributed by atoms with Crippen molar-refractivity contribution in [2.24, 2.45) is 0 Å². The van der Waals surface area contributed by atoms with E-state index in [2.05, 4.69) is 32.2 Å². The van der Waals surface area contributed by atoms with Gasteiger partial charge in [0.05, 0.1) is 13.7 Å². The van der Waals surface area contributed by atoms with E-state index < -0.39 is 0 Å². The highest BCUT2D eigenvalue weighted by atomic mass is 16.5. The van der Waals surface area contributed by atoms with Crippen molar-refractivity contribution in [2.45, 2.75) is 27.2 Å². The van der Waals surface area contributed by atoms with E-state index in [-0.39, 0.29) is 0 Å². The van der Waals surface area contributed by atoms with E-state index in [9.17, 15) is 0 Å². The van der Waals surface area contributed by atoms with Gasteiger partial charge in [0.2, 0.25) is 0 Å². The Kier molecular flexibility index (Phi) is 7.04. The molecular formula is C16H25NO2. The first-order valence-corrected chi connectivity index (χ1v) is 6.90. The Morgan fingerprint density at radius 2 is 2.05 bits per heavy atom. The molecular weight excluding hydrogens is 238 g/mol. The van der Waals surface area contributed by atoms with Crippen molar-refractivity contribution < 1.29 is 9.47 Å². The molecule has 0 saturated carbocycles. The van der Waals surface area contributed by atoms with E-state index in [0.29, 0.717) is 6.61 Å². The summed E-state index contributed by atoms with van der Waals surface area (Å²) in [6, 6.07) is 6.04. The number of methoxy groups -OCH3 is 1. The van der Waals surface area contributed by atoms with Gasteiger partial charge in [-0.25, -0.2) is 0 Å². The van der Waals surface area contributed by atoms with E-state index in [1.54, 1.807) is 7.11 Å². The first-order valence-electron chi connectivity index (χ1n) is 6.90. The second-order valence-corrected chi connectivity index (χ2v) is 4.53. The summed E-state index contributed by atoms with van der Waals surface area (Å²) in [5, 5.41) is 3.32. The molecule has 0 fully saturated rings. The van der Waals surface area contributed by atoms with Gasteiger partial charge < -0.3 is 14.8 Å². The average Bonchev–Trinajstić information content (AvgIpc) is 2.43. The van der Waals surface area contributed by atoms with Crippen LogP contribution in [0.2, 0.25) is 0 Å². The molecule has 0 aliphatic heterocycles. The Morgan fingerprint density at radius 3 is 2.68 bits per heavy atom. The van der Waals surface area contributed by atoms with Crippen LogP contribution in [-0.4, -0.2) is 26.8 Å². The van der Waals surface area contributed by atoms with Crippen LogP contribution in [0.25, 0.3) is 6.08 Å². The maximum absolute atomic E-state index is 5.71. The molecule has 3 nitrogen and oxygen atoms in total. The topological polar surface area (TPSA) is 30.5 Å². The fourth-order valence-corrected chi connectivity index (χ4v) is 1.77. The first kappa shape index (κ1) is 15.6. The van der Waals surface area contributed by atoms with Gasteiger partial charge in [0.1, 0.15) is 0 Å². The van der Waals surface area contributed by atoms with Crippen molar-refractivity contribution in [3.05, 3.63) is 29.3 Å². The minimum absolute atomic E-state index is 0.708. The number of nitrogens with one attached hydrogen (secondary N) is 1. The molecule has 1 N–H and O–H groups in total. The average molecular weight is 263 g/mol. The molecule has 1 aromatic carbocycles. The van der Waals surface area contributed by atoms with Crippen LogP contribution in [0.4, 0.5) is 0 Å². The van der Waals surface area contributed by atoms with Gasteiger partial charge in [-0.15, -0.1) is 0 Å². The number of ether oxygens (including phenoxy) is 2. The number of likely N-dealkylation sites (N-methyl/N-ethyl adjacent to an activating group) is 1. The second kappa shape index (κ2) is 8.59. The van der Waals surface area contributed by atoms with Gasteiger partial charge in [-0.1, -0.05) is 31.6 Å². The van der Waals surface area contributed by atoms with E-state index in [4.69, 9.17) is 9.47 Å². The van der Waals surface area contributed by atoms with Gasteiger partial charge in [-0.05, 0) is 37.6 Å². The molecule has 0 aliphatic carbocycles. The van der Waals surface area contributed by atoms with Crippen molar-refractivity contribution in [2.75, 3.05) is 26.8 Å². The quantitative estimate of drug-likeness (QED) is 0.778. The van der Waals surface area contributed by atoms with Crippen LogP contribution in [0.1, 0.15) is 32.8 Å². The minimum atomic E-state index is 0.708. The molecule has 0 aromatic heterocycles. The zero-order chi connectivity index (χ0) is 14.1. The summed E-state index contributed by atoms with van der Waals surface area (Å²) in [6.45, 7) is 8.93. The maximum atomic E-state index is 5.71. The lowest BCUT2D eigenvalue weighted by Crippen LogP contribution is -2.14. The maximum Gasteiger partial charge on any atom is 0.161 e. The lowest BCUT2D eigenvalue weighted by Gasteiger charge is -2.11. The summed E-state index contributed by atoms with van der Waals surface area (Å²) in [4.78, 5) is 0. The molecule has 0 unspecified atom stereocenters. The third kappa shape index (κ3) is 5.35. The summed E-state index contributed by atoms with van der Waals surface area (Å²) >= 11 is 0. The van der Waals surface area contributed by atoms with Crippen LogP contribution < -0.4 is 14.8 Å². The summed E-state index contributed by atoms with van der Waals surface area (Å²) in [5.74, 6) is 1.60. The molecule has 0 bridgehead atoms. The number of rotatable bonds is 8. The molecule has 1 rings (SSSR count). The predicted octanol–water partition coefficient (Wildman–Crippen LogP) is 3.50. The Morgan fingerprint density at radius 1 is 1.26 bits per heavy atom.